The molecule has 0 atom stereocenters. The summed E-state index contributed by atoms with van der Waals surface area (Å²) in [6, 6.07) is 3.97. The number of anilines is 1. The summed E-state index contributed by atoms with van der Waals surface area (Å²) in [4.78, 5) is 5.12. The minimum Gasteiger partial charge on any atom is -0.428 e. The Balaban J connectivity index is 2.49. The molecule has 3 nitrogen and oxygen atoms in total. The van der Waals surface area contributed by atoms with Crippen molar-refractivity contribution < 1.29 is 4.42 Å². The number of rotatable bonds is 2. The minimum absolute atomic E-state index is 0.210. The molecule has 2 N–H and O–H groups in total. The van der Waals surface area contributed by atoms with Crippen LogP contribution in [0.3, 0.4) is 0 Å². The van der Waals surface area contributed by atoms with Crippen LogP contribution in [0.15, 0.2) is 16.5 Å². The van der Waals surface area contributed by atoms with Gasteiger partial charge < -0.3 is 10.2 Å². The lowest BCUT2D eigenvalue weighted by Gasteiger charge is -1.92. The van der Waals surface area contributed by atoms with Gasteiger partial charge in [-0.3, -0.25) is 0 Å². The highest BCUT2D eigenvalue weighted by atomic mass is 35.5. The van der Waals surface area contributed by atoms with Crippen molar-refractivity contribution in [1.29, 1.82) is 0 Å². The van der Waals surface area contributed by atoms with Gasteiger partial charge in [-0.1, -0.05) is 18.5 Å². The maximum atomic E-state index is 5.84. The maximum absolute atomic E-state index is 5.84. The van der Waals surface area contributed by atoms with E-state index in [0.29, 0.717) is 0 Å². The number of halogens is 1. The number of nitrogen functional groups attached to an aromatic ring is 1. The molecule has 0 saturated carbocycles. The Kier molecular flexibility index (Phi) is 2.48. The van der Waals surface area contributed by atoms with Gasteiger partial charge in [-0.15, -0.1) is 11.3 Å². The molecule has 74 valence electrons. The number of thiophene rings is 1. The highest BCUT2D eigenvalue weighted by Gasteiger charge is 2.13. The Morgan fingerprint density at radius 2 is 2.36 bits per heavy atom. The first kappa shape index (κ1) is 9.55. The van der Waals surface area contributed by atoms with Crippen LogP contribution >= 0.6 is 22.9 Å². The zero-order valence-corrected chi connectivity index (χ0v) is 9.15. The molecule has 0 aromatic carbocycles. The zero-order valence-electron chi connectivity index (χ0n) is 7.58. The predicted octanol–water partition coefficient (Wildman–Crippen LogP) is 3.20. The third-order valence-corrected chi connectivity index (χ3v) is 3.08. The summed E-state index contributed by atoms with van der Waals surface area (Å²) >= 11 is 7.31. The van der Waals surface area contributed by atoms with Crippen LogP contribution in [-0.2, 0) is 6.42 Å². The molecule has 0 unspecified atom stereocenters. The summed E-state index contributed by atoms with van der Waals surface area (Å²) in [5.41, 5.74) is 6.30. The number of hydrogen-bond acceptors (Lipinski definition) is 4. The lowest BCUT2D eigenvalue weighted by molar-refractivity contribution is 0.530. The molecule has 0 amide bonds. The number of nitrogens with two attached hydrogens (primary N) is 1. The molecule has 0 aliphatic carbocycles. The summed E-state index contributed by atoms with van der Waals surface area (Å²) in [6.07, 6.45) is 0.773. The van der Waals surface area contributed by atoms with E-state index in [1.165, 1.54) is 11.3 Å². The minimum atomic E-state index is 0.210. The average molecular weight is 229 g/mol. The first-order valence-corrected chi connectivity index (χ1v) is 5.41. The average Bonchev–Trinajstić information content (AvgIpc) is 2.71. The Hall–Kier alpha value is -1.000. The van der Waals surface area contributed by atoms with Crippen LogP contribution in [0, 0.1) is 0 Å². The van der Waals surface area contributed by atoms with E-state index in [2.05, 4.69) is 4.98 Å². The largest absolute Gasteiger partial charge is 0.428 e. The molecule has 0 saturated heterocycles. The Labute approximate surface area is 90.5 Å². The molecule has 0 fully saturated rings. The first-order valence-electron chi connectivity index (χ1n) is 4.21. The highest BCUT2D eigenvalue weighted by molar-refractivity contribution is 7.19. The lowest BCUT2D eigenvalue weighted by Crippen LogP contribution is -1.82. The van der Waals surface area contributed by atoms with Crippen molar-refractivity contribution in [3.63, 3.8) is 0 Å². The predicted molar refractivity (Wildman–Crippen MR) is 58.6 cm³/mol. The monoisotopic (exact) mass is 228 g/mol. The van der Waals surface area contributed by atoms with Gasteiger partial charge >= 0.3 is 0 Å². The van der Waals surface area contributed by atoms with Crippen molar-refractivity contribution in [3.8, 4) is 10.6 Å². The molecule has 0 radical (unpaired) electrons. The Morgan fingerprint density at radius 1 is 1.57 bits per heavy atom. The third kappa shape index (κ3) is 1.63. The SMILES string of the molecule is CCc1oc(N)nc1-c1ccc(Cl)s1. The van der Waals surface area contributed by atoms with Crippen LogP contribution in [0.2, 0.25) is 4.34 Å². The number of nitrogens with zero attached hydrogens (tertiary/aromatic N) is 1. The van der Waals surface area contributed by atoms with Gasteiger partial charge in [0.15, 0.2) is 0 Å². The summed E-state index contributed by atoms with van der Waals surface area (Å²) in [6.45, 7) is 2.00. The molecule has 5 heteroatoms. The van der Waals surface area contributed by atoms with Crippen molar-refractivity contribution in [1.82, 2.24) is 4.98 Å². The molecule has 0 spiro atoms. The van der Waals surface area contributed by atoms with Crippen LogP contribution in [0.25, 0.3) is 10.6 Å². The van der Waals surface area contributed by atoms with Gasteiger partial charge in [-0.25, -0.2) is 0 Å². The summed E-state index contributed by atoms with van der Waals surface area (Å²) < 4.78 is 6.00. The van der Waals surface area contributed by atoms with Gasteiger partial charge in [-0.2, -0.15) is 4.98 Å². The summed E-state index contributed by atoms with van der Waals surface area (Å²) in [5, 5.41) is 0. The molecule has 2 aromatic rings. The lowest BCUT2D eigenvalue weighted by atomic mass is 10.2. The maximum Gasteiger partial charge on any atom is 0.292 e. The summed E-state index contributed by atoms with van der Waals surface area (Å²) in [5.74, 6) is 0.806. The van der Waals surface area contributed by atoms with E-state index in [1.54, 1.807) is 0 Å². The second-order valence-electron chi connectivity index (χ2n) is 2.78. The van der Waals surface area contributed by atoms with Crippen LogP contribution in [0.5, 0.6) is 0 Å². The van der Waals surface area contributed by atoms with Gasteiger partial charge in [0.1, 0.15) is 11.5 Å². The Bertz CT molecular complexity index is 449. The number of aromatic nitrogens is 1. The molecule has 0 aliphatic heterocycles. The van der Waals surface area contributed by atoms with E-state index in [4.69, 9.17) is 21.8 Å². The van der Waals surface area contributed by atoms with E-state index < -0.39 is 0 Å². The van der Waals surface area contributed by atoms with Gasteiger partial charge in [0, 0.05) is 6.42 Å². The van der Waals surface area contributed by atoms with Crippen LogP contribution in [0.1, 0.15) is 12.7 Å². The summed E-state index contributed by atoms with van der Waals surface area (Å²) in [7, 11) is 0. The van der Waals surface area contributed by atoms with E-state index in [9.17, 15) is 0 Å². The van der Waals surface area contributed by atoms with E-state index in [-0.39, 0.29) is 6.01 Å². The number of hydrogen-bond donors (Lipinski definition) is 1. The number of oxazole rings is 1. The van der Waals surface area contributed by atoms with Crippen molar-refractivity contribution in [2.24, 2.45) is 0 Å². The van der Waals surface area contributed by atoms with Crippen LogP contribution in [0.4, 0.5) is 6.01 Å². The van der Waals surface area contributed by atoms with Crippen molar-refractivity contribution in [3.05, 3.63) is 22.2 Å². The molecule has 2 aromatic heterocycles. The number of aryl methyl sites for hydroxylation is 1. The molecule has 2 rings (SSSR count). The standard InChI is InChI=1S/C9H9ClN2OS/c1-2-5-8(12-9(11)13-5)6-3-4-7(10)14-6/h3-4H,2H2,1H3,(H2,11,12). The van der Waals surface area contributed by atoms with E-state index in [0.717, 1.165) is 27.1 Å². The van der Waals surface area contributed by atoms with E-state index in [1.807, 2.05) is 19.1 Å². The molecule has 2 heterocycles. The normalized spacial score (nSPS) is 10.7. The smallest absolute Gasteiger partial charge is 0.292 e. The second-order valence-corrected chi connectivity index (χ2v) is 4.50. The van der Waals surface area contributed by atoms with E-state index >= 15 is 0 Å². The molecule has 0 aliphatic rings. The van der Waals surface area contributed by atoms with Crippen molar-refractivity contribution in [2.45, 2.75) is 13.3 Å². The van der Waals surface area contributed by atoms with Gasteiger partial charge in [0.05, 0.1) is 9.21 Å². The fourth-order valence-corrected chi connectivity index (χ4v) is 2.29. The fraction of sp³-hybridized carbons (Fsp3) is 0.222. The van der Waals surface area contributed by atoms with Gasteiger partial charge in [-0.05, 0) is 12.1 Å². The highest BCUT2D eigenvalue weighted by Crippen LogP contribution is 2.33. The third-order valence-electron chi connectivity index (χ3n) is 1.84. The zero-order chi connectivity index (χ0) is 10.1. The first-order chi connectivity index (χ1) is 6.70. The Morgan fingerprint density at radius 3 is 2.93 bits per heavy atom. The second kappa shape index (κ2) is 3.63. The molecular weight excluding hydrogens is 220 g/mol. The van der Waals surface area contributed by atoms with Crippen LogP contribution < -0.4 is 5.73 Å². The van der Waals surface area contributed by atoms with Gasteiger partial charge in [0.25, 0.3) is 6.01 Å². The molecule has 0 bridgehead atoms. The van der Waals surface area contributed by atoms with Crippen molar-refractivity contribution >= 4 is 29.0 Å². The topological polar surface area (TPSA) is 52.0 Å². The van der Waals surface area contributed by atoms with Crippen LogP contribution in [-0.4, -0.2) is 4.98 Å². The molecular formula is C9H9ClN2OS. The van der Waals surface area contributed by atoms with Gasteiger partial charge in [0.2, 0.25) is 0 Å². The fourth-order valence-electron chi connectivity index (χ4n) is 1.24. The molecule has 14 heavy (non-hydrogen) atoms. The quantitative estimate of drug-likeness (QED) is 0.859. The van der Waals surface area contributed by atoms with Crippen molar-refractivity contribution in [2.75, 3.05) is 5.73 Å².